The number of benzene rings is 1. The standard InChI is InChI=1S/C28H34Cl2N4O3S/c1-28(2,37-24-7-4-18(29)13-23(24)30)27(36)33-20-14-21-5-6-22(15-20)34(21)25-8-3-17(16-31-25)26(35)32-19-9-11-38-12-10-19/h3-4,7-8,13,16,19-22H,5-6,9-12,14-15H2,1-2H3,(H,32,35)(H,33,36)/t20?,21-,22+. The number of carbonyl (C=O) groups excluding carboxylic acids is 2. The summed E-state index contributed by atoms with van der Waals surface area (Å²) >= 11 is 14.2. The molecule has 1 aromatic heterocycles. The summed E-state index contributed by atoms with van der Waals surface area (Å²) in [6.07, 6.45) is 7.52. The van der Waals surface area contributed by atoms with Crippen molar-refractivity contribution in [2.24, 2.45) is 0 Å². The number of thioether (sulfide) groups is 1. The molecule has 3 aliphatic rings. The van der Waals surface area contributed by atoms with Gasteiger partial charge in [-0.15, -0.1) is 0 Å². The largest absolute Gasteiger partial charge is 0.476 e. The lowest BCUT2D eigenvalue weighted by molar-refractivity contribution is -0.135. The molecule has 0 aliphatic carbocycles. The van der Waals surface area contributed by atoms with Crippen LogP contribution < -0.4 is 20.3 Å². The summed E-state index contributed by atoms with van der Waals surface area (Å²) in [6.45, 7) is 3.48. The Morgan fingerprint density at radius 3 is 2.34 bits per heavy atom. The van der Waals surface area contributed by atoms with Gasteiger partial charge in [0.2, 0.25) is 0 Å². The van der Waals surface area contributed by atoms with Gasteiger partial charge in [0, 0.05) is 35.4 Å². The molecule has 0 spiro atoms. The Hall–Kier alpha value is -2.16. The van der Waals surface area contributed by atoms with E-state index in [0.29, 0.717) is 33.4 Å². The fourth-order valence-corrected chi connectivity index (χ4v) is 7.24. The van der Waals surface area contributed by atoms with Crippen molar-refractivity contribution in [1.82, 2.24) is 15.6 Å². The van der Waals surface area contributed by atoms with E-state index >= 15 is 0 Å². The Morgan fingerprint density at radius 2 is 1.71 bits per heavy atom. The molecule has 2 N–H and O–H groups in total. The molecule has 3 atom stereocenters. The third-order valence-electron chi connectivity index (χ3n) is 7.71. The molecular weight excluding hydrogens is 543 g/mol. The Kier molecular flexibility index (Phi) is 8.31. The lowest BCUT2D eigenvalue weighted by Gasteiger charge is -2.40. The highest BCUT2D eigenvalue weighted by Crippen LogP contribution is 2.39. The number of aromatic nitrogens is 1. The molecule has 2 aromatic rings. The highest BCUT2D eigenvalue weighted by atomic mass is 35.5. The smallest absolute Gasteiger partial charge is 0.263 e. The molecule has 3 aliphatic heterocycles. The maximum Gasteiger partial charge on any atom is 0.263 e. The molecule has 38 heavy (non-hydrogen) atoms. The molecule has 0 saturated carbocycles. The molecule has 2 amide bonds. The van der Waals surface area contributed by atoms with Gasteiger partial charge in [0.05, 0.1) is 10.6 Å². The topological polar surface area (TPSA) is 83.6 Å². The monoisotopic (exact) mass is 576 g/mol. The number of anilines is 1. The first-order valence-electron chi connectivity index (χ1n) is 13.3. The summed E-state index contributed by atoms with van der Waals surface area (Å²) in [4.78, 5) is 32.9. The quantitative estimate of drug-likeness (QED) is 0.453. The van der Waals surface area contributed by atoms with Crippen molar-refractivity contribution in [1.29, 1.82) is 0 Å². The molecule has 1 aromatic carbocycles. The third-order valence-corrected chi connectivity index (χ3v) is 9.28. The molecule has 5 rings (SSSR count). The first-order chi connectivity index (χ1) is 18.2. The minimum Gasteiger partial charge on any atom is -0.476 e. The number of amides is 2. The van der Waals surface area contributed by atoms with Gasteiger partial charge in [-0.05, 0) is 94.2 Å². The zero-order valence-corrected chi connectivity index (χ0v) is 24.0. The van der Waals surface area contributed by atoms with Gasteiger partial charge in [-0.1, -0.05) is 23.2 Å². The van der Waals surface area contributed by atoms with E-state index in [0.717, 1.165) is 55.8 Å². The molecule has 4 heterocycles. The van der Waals surface area contributed by atoms with Crippen molar-refractivity contribution < 1.29 is 14.3 Å². The average molecular weight is 578 g/mol. The van der Waals surface area contributed by atoms with E-state index in [2.05, 4.69) is 20.5 Å². The van der Waals surface area contributed by atoms with E-state index in [4.69, 9.17) is 27.9 Å². The number of rotatable bonds is 7. The Labute approximate surface area is 238 Å². The van der Waals surface area contributed by atoms with Crippen LogP contribution in [0.3, 0.4) is 0 Å². The van der Waals surface area contributed by atoms with E-state index in [9.17, 15) is 9.59 Å². The van der Waals surface area contributed by atoms with Crippen LogP contribution in [-0.4, -0.2) is 58.1 Å². The maximum atomic E-state index is 13.2. The predicted octanol–water partition coefficient (Wildman–Crippen LogP) is 5.49. The lowest BCUT2D eigenvalue weighted by atomic mass is 9.96. The van der Waals surface area contributed by atoms with Crippen molar-refractivity contribution >= 4 is 52.6 Å². The predicted molar refractivity (Wildman–Crippen MR) is 154 cm³/mol. The average Bonchev–Trinajstić information content (AvgIpc) is 3.16. The molecule has 1 unspecified atom stereocenters. The number of halogens is 2. The Morgan fingerprint density at radius 1 is 1.00 bits per heavy atom. The van der Waals surface area contributed by atoms with Crippen LogP contribution in [0.4, 0.5) is 5.82 Å². The molecule has 2 bridgehead atoms. The van der Waals surface area contributed by atoms with Crippen molar-refractivity contribution in [3.63, 3.8) is 0 Å². The summed E-state index contributed by atoms with van der Waals surface area (Å²) in [5.74, 6) is 3.30. The minimum absolute atomic E-state index is 0.0462. The van der Waals surface area contributed by atoms with Crippen LogP contribution in [0.15, 0.2) is 36.5 Å². The van der Waals surface area contributed by atoms with E-state index < -0.39 is 5.60 Å². The Balaban J connectivity index is 1.17. The summed E-state index contributed by atoms with van der Waals surface area (Å²) in [5, 5.41) is 7.24. The van der Waals surface area contributed by atoms with Crippen LogP contribution in [0.25, 0.3) is 0 Å². The number of fused-ring (bicyclic) bond motifs is 2. The zero-order valence-electron chi connectivity index (χ0n) is 21.7. The fraction of sp³-hybridized carbons (Fsp3) is 0.536. The van der Waals surface area contributed by atoms with Crippen LogP contribution in [-0.2, 0) is 4.79 Å². The lowest BCUT2D eigenvalue weighted by Crippen LogP contribution is -2.55. The second-order valence-electron chi connectivity index (χ2n) is 10.9. The summed E-state index contributed by atoms with van der Waals surface area (Å²) in [7, 11) is 0. The molecule has 204 valence electrons. The second kappa shape index (κ2) is 11.5. The van der Waals surface area contributed by atoms with Gasteiger partial charge in [-0.3, -0.25) is 9.59 Å². The number of hydrogen-bond donors (Lipinski definition) is 2. The summed E-state index contributed by atoms with van der Waals surface area (Å²) in [6, 6.07) is 9.70. The van der Waals surface area contributed by atoms with Crippen molar-refractivity contribution in [3.8, 4) is 5.75 Å². The van der Waals surface area contributed by atoms with Crippen LogP contribution in [0.2, 0.25) is 10.0 Å². The Bertz CT molecular complexity index is 1160. The van der Waals surface area contributed by atoms with Gasteiger partial charge in [0.1, 0.15) is 11.6 Å². The number of nitrogens with one attached hydrogen (secondary N) is 2. The van der Waals surface area contributed by atoms with E-state index in [-0.39, 0.29) is 23.9 Å². The van der Waals surface area contributed by atoms with Gasteiger partial charge in [-0.2, -0.15) is 11.8 Å². The van der Waals surface area contributed by atoms with Gasteiger partial charge in [0.25, 0.3) is 11.8 Å². The number of ether oxygens (including phenoxy) is 1. The highest BCUT2D eigenvalue weighted by molar-refractivity contribution is 7.99. The van der Waals surface area contributed by atoms with Crippen LogP contribution in [0.5, 0.6) is 5.75 Å². The number of hydrogen-bond acceptors (Lipinski definition) is 6. The summed E-state index contributed by atoms with van der Waals surface area (Å²) in [5.41, 5.74) is -0.494. The SMILES string of the molecule is CC(C)(Oc1ccc(Cl)cc1Cl)C(=O)NC1C[C@H]2CC[C@@H](C1)N2c1ccc(C(=O)NC2CCSCC2)cn1. The maximum absolute atomic E-state index is 13.2. The van der Waals surface area contributed by atoms with Crippen molar-refractivity contribution in [3.05, 3.63) is 52.1 Å². The van der Waals surface area contributed by atoms with Crippen LogP contribution in [0, 0.1) is 0 Å². The molecule has 3 fully saturated rings. The van der Waals surface area contributed by atoms with Gasteiger partial charge < -0.3 is 20.3 Å². The van der Waals surface area contributed by atoms with Crippen molar-refractivity contribution in [2.75, 3.05) is 16.4 Å². The number of nitrogens with zero attached hydrogens (tertiary/aromatic N) is 2. The van der Waals surface area contributed by atoms with E-state index in [1.807, 2.05) is 23.9 Å². The van der Waals surface area contributed by atoms with Crippen LogP contribution >= 0.6 is 35.0 Å². The first-order valence-corrected chi connectivity index (χ1v) is 15.2. The van der Waals surface area contributed by atoms with Crippen LogP contribution in [0.1, 0.15) is 62.7 Å². The second-order valence-corrected chi connectivity index (χ2v) is 13.0. The molecule has 0 radical (unpaired) electrons. The van der Waals surface area contributed by atoms with Gasteiger partial charge in [-0.25, -0.2) is 4.98 Å². The number of pyridine rings is 1. The first kappa shape index (κ1) is 27.4. The van der Waals surface area contributed by atoms with Crippen molar-refractivity contribution in [2.45, 2.75) is 82.1 Å². The third kappa shape index (κ3) is 6.18. The number of carbonyl (C=O) groups is 2. The number of piperidine rings is 1. The van der Waals surface area contributed by atoms with E-state index in [1.54, 1.807) is 38.2 Å². The molecule has 3 saturated heterocycles. The van der Waals surface area contributed by atoms with Gasteiger partial charge >= 0.3 is 0 Å². The molecular formula is C28H34Cl2N4O3S. The highest BCUT2D eigenvalue weighted by Gasteiger charge is 2.43. The minimum atomic E-state index is -1.10. The van der Waals surface area contributed by atoms with Gasteiger partial charge in [0.15, 0.2) is 5.60 Å². The zero-order chi connectivity index (χ0) is 26.9. The summed E-state index contributed by atoms with van der Waals surface area (Å²) < 4.78 is 5.97. The van der Waals surface area contributed by atoms with E-state index in [1.165, 1.54) is 0 Å². The molecule has 10 heteroatoms. The normalized spacial score (nSPS) is 23.7. The fourth-order valence-electron chi connectivity index (χ4n) is 5.69. The molecule has 7 nitrogen and oxygen atoms in total.